The first-order valence-electron chi connectivity index (χ1n) is 5.11. The minimum atomic E-state index is -0.493. The summed E-state index contributed by atoms with van der Waals surface area (Å²) < 4.78 is 0. The smallest absolute Gasteiger partial charge is 0.289 e. The van der Waals surface area contributed by atoms with Crippen LogP contribution in [0.3, 0.4) is 0 Å². The van der Waals surface area contributed by atoms with Crippen LogP contribution in [0, 0.1) is 0 Å². The highest BCUT2D eigenvalue weighted by atomic mass is 35.5. The lowest BCUT2D eigenvalue weighted by atomic mass is 10.1. The number of benzene rings is 1. The van der Waals surface area contributed by atoms with Gasteiger partial charge in [0.1, 0.15) is 5.25 Å². The lowest BCUT2D eigenvalue weighted by Crippen LogP contribution is -2.34. The summed E-state index contributed by atoms with van der Waals surface area (Å²) in [5.41, 5.74) is 6.11. The van der Waals surface area contributed by atoms with Crippen molar-refractivity contribution < 1.29 is 9.59 Å². The molecule has 0 spiro atoms. The van der Waals surface area contributed by atoms with Gasteiger partial charge in [-0.2, -0.15) is 0 Å². The Labute approximate surface area is 108 Å². The number of hydrogen-bond acceptors (Lipinski definition) is 4. The highest BCUT2D eigenvalue weighted by Crippen LogP contribution is 2.39. The zero-order chi connectivity index (χ0) is 12.4. The van der Waals surface area contributed by atoms with Gasteiger partial charge in [0, 0.05) is 18.1 Å². The quantitative estimate of drug-likeness (QED) is 0.913. The zero-order valence-corrected chi connectivity index (χ0v) is 10.5. The van der Waals surface area contributed by atoms with Crippen molar-refractivity contribution in [2.75, 3.05) is 13.1 Å². The predicted octanol–water partition coefficient (Wildman–Crippen LogP) is 2.04. The number of amides is 2. The van der Waals surface area contributed by atoms with Gasteiger partial charge in [-0.05, 0) is 29.5 Å². The standard InChI is InChI=1S/C11H11ClN2O2S/c12-8-3-1-2-7(6-8)9-10(15)14(5-4-13)11(16)17-9/h1-3,6,9H,4-5,13H2. The van der Waals surface area contributed by atoms with Gasteiger partial charge in [-0.25, -0.2) is 0 Å². The fraction of sp³-hybridized carbons (Fsp3) is 0.273. The summed E-state index contributed by atoms with van der Waals surface area (Å²) in [6.07, 6.45) is 0. The van der Waals surface area contributed by atoms with Gasteiger partial charge in [0.2, 0.25) is 5.91 Å². The summed E-state index contributed by atoms with van der Waals surface area (Å²) in [7, 11) is 0. The molecule has 0 radical (unpaired) electrons. The van der Waals surface area contributed by atoms with Crippen molar-refractivity contribution in [3.8, 4) is 0 Å². The Balaban J connectivity index is 2.24. The second kappa shape index (κ2) is 5.08. The van der Waals surface area contributed by atoms with Crippen molar-refractivity contribution >= 4 is 34.5 Å². The van der Waals surface area contributed by atoms with Crippen LogP contribution < -0.4 is 5.73 Å². The fourth-order valence-electron chi connectivity index (χ4n) is 1.66. The predicted molar refractivity (Wildman–Crippen MR) is 67.9 cm³/mol. The Kier molecular flexibility index (Phi) is 3.71. The monoisotopic (exact) mass is 270 g/mol. The summed E-state index contributed by atoms with van der Waals surface area (Å²) in [5.74, 6) is -0.215. The Morgan fingerprint density at radius 3 is 2.82 bits per heavy atom. The molecule has 0 bridgehead atoms. The third kappa shape index (κ3) is 2.46. The Hall–Kier alpha value is -1.04. The molecule has 90 valence electrons. The molecular formula is C11H11ClN2O2S. The minimum Gasteiger partial charge on any atom is -0.329 e. The zero-order valence-electron chi connectivity index (χ0n) is 8.93. The average Bonchev–Trinajstić information content (AvgIpc) is 2.57. The second-order valence-electron chi connectivity index (χ2n) is 3.60. The van der Waals surface area contributed by atoms with Crippen molar-refractivity contribution in [1.82, 2.24) is 4.90 Å². The maximum atomic E-state index is 12.0. The molecule has 1 aliphatic rings. The van der Waals surface area contributed by atoms with Crippen molar-refractivity contribution in [2.45, 2.75) is 5.25 Å². The van der Waals surface area contributed by atoms with Crippen molar-refractivity contribution in [3.63, 3.8) is 0 Å². The van der Waals surface area contributed by atoms with Gasteiger partial charge in [0.25, 0.3) is 5.24 Å². The van der Waals surface area contributed by atoms with Crippen LogP contribution in [0.4, 0.5) is 4.79 Å². The van der Waals surface area contributed by atoms with E-state index in [1.807, 2.05) is 0 Å². The summed E-state index contributed by atoms with van der Waals surface area (Å²) in [6, 6.07) is 6.99. The molecule has 1 aromatic carbocycles. The van der Waals surface area contributed by atoms with Crippen molar-refractivity contribution in [2.24, 2.45) is 5.73 Å². The lowest BCUT2D eigenvalue weighted by Gasteiger charge is -2.12. The van der Waals surface area contributed by atoms with Crippen molar-refractivity contribution in [3.05, 3.63) is 34.9 Å². The van der Waals surface area contributed by atoms with E-state index in [2.05, 4.69) is 0 Å². The van der Waals surface area contributed by atoms with Crippen LogP contribution in [-0.4, -0.2) is 29.1 Å². The van der Waals surface area contributed by atoms with Gasteiger partial charge in [-0.1, -0.05) is 23.7 Å². The van der Waals surface area contributed by atoms with Crippen LogP contribution in [0.2, 0.25) is 5.02 Å². The Morgan fingerprint density at radius 2 is 2.18 bits per heavy atom. The summed E-state index contributed by atoms with van der Waals surface area (Å²) in [6.45, 7) is 0.544. The van der Waals surface area contributed by atoms with Crippen LogP contribution in [0.25, 0.3) is 0 Å². The Morgan fingerprint density at radius 1 is 1.41 bits per heavy atom. The van der Waals surface area contributed by atoms with Gasteiger partial charge in [0.15, 0.2) is 0 Å². The largest absolute Gasteiger partial charge is 0.329 e. The molecule has 1 heterocycles. The van der Waals surface area contributed by atoms with Gasteiger partial charge < -0.3 is 5.73 Å². The second-order valence-corrected chi connectivity index (χ2v) is 5.09. The van der Waals surface area contributed by atoms with Crippen LogP contribution in [-0.2, 0) is 4.79 Å². The molecule has 2 N–H and O–H groups in total. The number of nitrogens with zero attached hydrogens (tertiary/aromatic N) is 1. The van der Waals surface area contributed by atoms with Crippen LogP contribution in [0.1, 0.15) is 10.8 Å². The molecule has 0 aliphatic carbocycles. The van der Waals surface area contributed by atoms with E-state index in [9.17, 15) is 9.59 Å². The van der Waals surface area contributed by atoms with E-state index >= 15 is 0 Å². The van der Waals surface area contributed by atoms with E-state index < -0.39 is 5.25 Å². The van der Waals surface area contributed by atoms with E-state index in [1.54, 1.807) is 24.3 Å². The number of carbonyl (C=O) groups is 2. The number of carbonyl (C=O) groups excluding carboxylic acids is 2. The number of imide groups is 1. The van der Waals surface area contributed by atoms with E-state index in [-0.39, 0.29) is 24.2 Å². The number of halogens is 1. The maximum Gasteiger partial charge on any atom is 0.289 e. The third-order valence-corrected chi connectivity index (χ3v) is 3.80. The SMILES string of the molecule is NCCN1C(=O)SC(c2cccc(Cl)c2)C1=O. The maximum absolute atomic E-state index is 12.0. The number of rotatable bonds is 3. The number of nitrogens with two attached hydrogens (primary N) is 1. The fourth-order valence-corrected chi connectivity index (χ4v) is 2.88. The molecule has 0 saturated carbocycles. The average molecular weight is 271 g/mol. The topological polar surface area (TPSA) is 63.4 Å². The van der Waals surface area contributed by atoms with Gasteiger partial charge in [-0.15, -0.1) is 0 Å². The summed E-state index contributed by atoms with van der Waals surface area (Å²) in [4.78, 5) is 24.8. The van der Waals surface area contributed by atoms with Gasteiger partial charge in [0.05, 0.1) is 0 Å². The Bertz CT molecular complexity index is 467. The third-order valence-electron chi connectivity index (χ3n) is 2.43. The highest BCUT2D eigenvalue weighted by Gasteiger charge is 2.39. The normalized spacial score (nSPS) is 20.1. The molecule has 1 atom stereocenters. The van der Waals surface area contributed by atoms with Gasteiger partial charge >= 0.3 is 0 Å². The summed E-state index contributed by atoms with van der Waals surface area (Å²) >= 11 is 6.87. The molecule has 6 heteroatoms. The van der Waals surface area contributed by atoms with Crippen LogP contribution >= 0.6 is 23.4 Å². The van der Waals surface area contributed by atoms with E-state index in [0.29, 0.717) is 5.02 Å². The molecule has 17 heavy (non-hydrogen) atoms. The van der Waals surface area contributed by atoms with Crippen LogP contribution in [0.5, 0.6) is 0 Å². The van der Waals surface area contributed by atoms with Crippen LogP contribution in [0.15, 0.2) is 24.3 Å². The van der Waals surface area contributed by atoms with E-state index in [0.717, 1.165) is 17.3 Å². The first kappa shape index (κ1) is 12.4. The first-order chi connectivity index (χ1) is 8.13. The van der Waals surface area contributed by atoms with Crippen molar-refractivity contribution in [1.29, 1.82) is 0 Å². The first-order valence-corrected chi connectivity index (χ1v) is 6.37. The molecule has 0 aromatic heterocycles. The molecule has 2 rings (SSSR count). The number of hydrogen-bond donors (Lipinski definition) is 1. The van der Waals surface area contributed by atoms with E-state index in [4.69, 9.17) is 17.3 Å². The highest BCUT2D eigenvalue weighted by molar-refractivity contribution is 8.14. The van der Waals surface area contributed by atoms with E-state index in [1.165, 1.54) is 4.90 Å². The lowest BCUT2D eigenvalue weighted by molar-refractivity contribution is -0.126. The number of thioether (sulfide) groups is 1. The van der Waals surface area contributed by atoms with Gasteiger partial charge in [-0.3, -0.25) is 14.5 Å². The molecule has 1 unspecified atom stereocenters. The molecular weight excluding hydrogens is 260 g/mol. The summed E-state index contributed by atoms with van der Waals surface area (Å²) in [5, 5.41) is -0.182. The molecule has 4 nitrogen and oxygen atoms in total. The molecule has 1 aromatic rings. The molecule has 1 aliphatic heterocycles. The minimum absolute atomic E-state index is 0.215. The molecule has 2 amide bonds. The molecule has 1 fully saturated rings. The molecule has 1 saturated heterocycles.